The minimum Gasteiger partial charge on any atom is -0.374 e. The minimum atomic E-state index is -0.336. The molecule has 1 heterocycles. The summed E-state index contributed by atoms with van der Waals surface area (Å²) in [6.45, 7) is 7.64. The number of nitrogens with zero attached hydrogens (tertiary/aromatic N) is 1. The molecule has 0 aromatic carbocycles. The fourth-order valence-corrected chi connectivity index (χ4v) is 1.39. The summed E-state index contributed by atoms with van der Waals surface area (Å²) in [5.74, 6) is 5.76. The third kappa shape index (κ3) is 4.58. The highest BCUT2D eigenvalue weighted by Crippen LogP contribution is 2.12. The van der Waals surface area contributed by atoms with Crippen LogP contribution < -0.4 is 21.9 Å². The van der Waals surface area contributed by atoms with Gasteiger partial charge in [0.25, 0.3) is 0 Å². The lowest BCUT2D eigenvalue weighted by Crippen LogP contribution is -2.47. The van der Waals surface area contributed by atoms with Gasteiger partial charge >= 0.3 is 0 Å². The monoisotopic (exact) mass is 251 g/mol. The van der Waals surface area contributed by atoms with Gasteiger partial charge in [-0.3, -0.25) is 4.79 Å². The predicted octanol–water partition coefficient (Wildman–Crippen LogP) is 1.08. The SMILES string of the molecule is CC(Nc1ccnc(NN)c1)C(=O)NC(C)(C)C. The van der Waals surface area contributed by atoms with Gasteiger partial charge in [0.1, 0.15) is 11.9 Å². The van der Waals surface area contributed by atoms with E-state index in [9.17, 15) is 4.79 Å². The Kier molecular flexibility index (Phi) is 4.49. The van der Waals surface area contributed by atoms with E-state index in [-0.39, 0.29) is 17.5 Å². The largest absolute Gasteiger partial charge is 0.374 e. The van der Waals surface area contributed by atoms with Crippen molar-refractivity contribution in [2.24, 2.45) is 5.84 Å². The maximum absolute atomic E-state index is 11.9. The maximum atomic E-state index is 11.9. The Morgan fingerprint density at radius 3 is 2.67 bits per heavy atom. The second-order valence-corrected chi connectivity index (χ2v) is 5.18. The van der Waals surface area contributed by atoms with Gasteiger partial charge < -0.3 is 16.1 Å². The predicted molar refractivity (Wildman–Crippen MR) is 73.0 cm³/mol. The van der Waals surface area contributed by atoms with E-state index >= 15 is 0 Å². The van der Waals surface area contributed by atoms with Crippen LogP contribution in [-0.2, 0) is 4.79 Å². The summed E-state index contributed by atoms with van der Waals surface area (Å²) in [7, 11) is 0. The Balaban J connectivity index is 2.63. The van der Waals surface area contributed by atoms with Crippen LogP contribution in [0.1, 0.15) is 27.7 Å². The third-order valence-electron chi connectivity index (χ3n) is 2.18. The summed E-state index contributed by atoms with van der Waals surface area (Å²) in [5.41, 5.74) is 3.00. The Morgan fingerprint density at radius 1 is 1.44 bits per heavy atom. The first kappa shape index (κ1) is 14.2. The summed E-state index contributed by atoms with van der Waals surface area (Å²) in [5, 5.41) is 6.00. The topological polar surface area (TPSA) is 92.1 Å². The van der Waals surface area contributed by atoms with Crippen molar-refractivity contribution in [3.05, 3.63) is 18.3 Å². The number of aromatic nitrogens is 1. The number of rotatable bonds is 4. The van der Waals surface area contributed by atoms with Crippen LogP contribution in [0.4, 0.5) is 11.5 Å². The number of amides is 1. The first-order valence-electron chi connectivity index (χ1n) is 5.83. The van der Waals surface area contributed by atoms with E-state index in [1.54, 1.807) is 25.3 Å². The molecule has 0 fully saturated rings. The van der Waals surface area contributed by atoms with Crippen LogP contribution in [0.15, 0.2) is 18.3 Å². The number of hydrogen-bond donors (Lipinski definition) is 4. The zero-order chi connectivity index (χ0) is 13.8. The zero-order valence-corrected chi connectivity index (χ0v) is 11.2. The number of nitrogens with one attached hydrogen (secondary N) is 3. The molecule has 6 heteroatoms. The number of pyridine rings is 1. The summed E-state index contributed by atoms with van der Waals surface area (Å²) in [6.07, 6.45) is 1.62. The molecule has 1 unspecified atom stereocenters. The van der Waals surface area contributed by atoms with Crippen molar-refractivity contribution in [1.29, 1.82) is 0 Å². The molecule has 0 bridgehead atoms. The van der Waals surface area contributed by atoms with Gasteiger partial charge in [-0.25, -0.2) is 10.8 Å². The van der Waals surface area contributed by atoms with Crippen molar-refractivity contribution in [3.8, 4) is 0 Å². The first-order valence-corrected chi connectivity index (χ1v) is 5.83. The Bertz CT molecular complexity index is 413. The molecule has 18 heavy (non-hydrogen) atoms. The van der Waals surface area contributed by atoms with Gasteiger partial charge in [-0.2, -0.15) is 0 Å². The fraction of sp³-hybridized carbons (Fsp3) is 0.500. The third-order valence-corrected chi connectivity index (χ3v) is 2.18. The van der Waals surface area contributed by atoms with Gasteiger partial charge in [0.15, 0.2) is 0 Å². The van der Waals surface area contributed by atoms with Gasteiger partial charge in [0, 0.05) is 23.5 Å². The van der Waals surface area contributed by atoms with Crippen molar-refractivity contribution in [1.82, 2.24) is 10.3 Å². The van der Waals surface area contributed by atoms with E-state index in [4.69, 9.17) is 5.84 Å². The van der Waals surface area contributed by atoms with Gasteiger partial charge in [-0.15, -0.1) is 0 Å². The first-order chi connectivity index (χ1) is 8.31. The summed E-state index contributed by atoms with van der Waals surface area (Å²) in [6, 6.07) is 3.18. The Hall–Kier alpha value is -1.82. The van der Waals surface area contributed by atoms with Crippen LogP contribution in [0.2, 0.25) is 0 Å². The van der Waals surface area contributed by atoms with Crippen LogP contribution in [0.5, 0.6) is 0 Å². The Labute approximate surface area is 107 Å². The van der Waals surface area contributed by atoms with E-state index in [1.807, 2.05) is 20.8 Å². The van der Waals surface area contributed by atoms with Crippen molar-refractivity contribution in [2.45, 2.75) is 39.3 Å². The molecule has 1 atom stereocenters. The molecule has 0 saturated heterocycles. The molecule has 1 amide bonds. The zero-order valence-electron chi connectivity index (χ0n) is 11.2. The lowest BCUT2D eigenvalue weighted by molar-refractivity contribution is -0.122. The van der Waals surface area contributed by atoms with Crippen molar-refractivity contribution >= 4 is 17.4 Å². The van der Waals surface area contributed by atoms with Gasteiger partial charge in [0.2, 0.25) is 5.91 Å². The highest BCUT2D eigenvalue weighted by molar-refractivity contribution is 5.84. The molecular weight excluding hydrogens is 230 g/mol. The molecule has 1 rings (SSSR count). The highest BCUT2D eigenvalue weighted by Gasteiger charge is 2.18. The van der Waals surface area contributed by atoms with Crippen LogP contribution in [0, 0.1) is 0 Å². The molecule has 5 N–H and O–H groups in total. The maximum Gasteiger partial charge on any atom is 0.242 e. The fourth-order valence-electron chi connectivity index (χ4n) is 1.39. The van der Waals surface area contributed by atoms with Gasteiger partial charge in [-0.05, 0) is 33.8 Å². The van der Waals surface area contributed by atoms with E-state index in [2.05, 4.69) is 21.0 Å². The molecule has 0 aliphatic carbocycles. The molecule has 1 aromatic rings. The Morgan fingerprint density at radius 2 is 2.11 bits per heavy atom. The van der Waals surface area contributed by atoms with Crippen LogP contribution >= 0.6 is 0 Å². The molecule has 100 valence electrons. The van der Waals surface area contributed by atoms with Gasteiger partial charge in [-0.1, -0.05) is 0 Å². The second-order valence-electron chi connectivity index (χ2n) is 5.18. The van der Waals surface area contributed by atoms with Crippen LogP contribution in [0.25, 0.3) is 0 Å². The molecule has 0 aliphatic heterocycles. The number of nitrogens with two attached hydrogens (primary N) is 1. The molecule has 0 spiro atoms. The minimum absolute atomic E-state index is 0.0541. The number of hydrazine groups is 1. The van der Waals surface area contributed by atoms with E-state index in [0.29, 0.717) is 5.82 Å². The van der Waals surface area contributed by atoms with Crippen LogP contribution in [-0.4, -0.2) is 22.5 Å². The number of carbonyl (C=O) groups is 1. The van der Waals surface area contributed by atoms with Crippen molar-refractivity contribution < 1.29 is 4.79 Å². The van der Waals surface area contributed by atoms with Crippen molar-refractivity contribution in [2.75, 3.05) is 10.7 Å². The lowest BCUT2D eigenvalue weighted by atomic mass is 10.1. The average Bonchev–Trinajstić information content (AvgIpc) is 2.27. The summed E-state index contributed by atoms with van der Waals surface area (Å²) in [4.78, 5) is 15.9. The molecule has 0 radical (unpaired) electrons. The van der Waals surface area contributed by atoms with E-state index in [0.717, 1.165) is 5.69 Å². The number of nitrogen functional groups attached to an aromatic ring is 1. The molecule has 6 nitrogen and oxygen atoms in total. The lowest BCUT2D eigenvalue weighted by Gasteiger charge is -2.24. The number of hydrogen-bond acceptors (Lipinski definition) is 5. The molecule has 0 aliphatic rings. The number of anilines is 2. The van der Waals surface area contributed by atoms with E-state index < -0.39 is 0 Å². The smallest absolute Gasteiger partial charge is 0.242 e. The molecular formula is C12H21N5O. The normalized spacial score (nSPS) is 12.7. The quantitative estimate of drug-likeness (QED) is 0.475. The summed E-state index contributed by atoms with van der Waals surface area (Å²) >= 11 is 0. The van der Waals surface area contributed by atoms with Crippen molar-refractivity contribution in [3.63, 3.8) is 0 Å². The molecule has 0 saturated carbocycles. The second kappa shape index (κ2) is 5.68. The standard InChI is InChI=1S/C12H21N5O/c1-8(11(18)16-12(2,3)4)15-9-5-6-14-10(7-9)17-13/h5-8H,13H2,1-4H3,(H,16,18)(H2,14,15,17). The number of carbonyl (C=O) groups excluding carboxylic acids is 1. The average molecular weight is 251 g/mol. The van der Waals surface area contributed by atoms with Crippen LogP contribution in [0.3, 0.4) is 0 Å². The van der Waals surface area contributed by atoms with Gasteiger partial charge in [0.05, 0.1) is 0 Å². The highest BCUT2D eigenvalue weighted by atomic mass is 16.2. The van der Waals surface area contributed by atoms with E-state index in [1.165, 1.54) is 0 Å². The molecule has 1 aromatic heterocycles. The summed E-state index contributed by atoms with van der Waals surface area (Å²) < 4.78 is 0.